The molecule has 1 atom stereocenters. The molecule has 2 amide bonds. The summed E-state index contributed by atoms with van der Waals surface area (Å²) in [6.07, 6.45) is 1.47. The predicted octanol–water partition coefficient (Wildman–Crippen LogP) is 4.06. The molecule has 2 aromatic heterocycles. The lowest BCUT2D eigenvalue weighted by atomic mass is 9.99. The number of amides is 2. The average molecular weight is 546 g/mol. The van der Waals surface area contributed by atoms with Crippen molar-refractivity contribution in [3.05, 3.63) is 80.9 Å². The summed E-state index contributed by atoms with van der Waals surface area (Å²) in [5.74, 6) is 5.40. The van der Waals surface area contributed by atoms with E-state index in [1.54, 1.807) is 25.3 Å². The number of carbonyl (C=O) groups excluding carboxylic acids is 2. The van der Waals surface area contributed by atoms with Gasteiger partial charge in [0.2, 0.25) is 11.8 Å². The lowest BCUT2D eigenvalue weighted by molar-refractivity contribution is -0.127. The van der Waals surface area contributed by atoms with Crippen molar-refractivity contribution in [2.45, 2.75) is 33.2 Å². The quantitative estimate of drug-likeness (QED) is 0.171. The molecule has 0 spiro atoms. The molecule has 0 unspecified atom stereocenters. The summed E-state index contributed by atoms with van der Waals surface area (Å²) in [4.78, 5) is 35.2. The zero-order chi connectivity index (χ0) is 27.4. The zero-order valence-electron chi connectivity index (χ0n) is 20.8. The first-order chi connectivity index (χ1) is 18.2. The Kier molecular flexibility index (Phi) is 8.00. The summed E-state index contributed by atoms with van der Waals surface area (Å²) in [6, 6.07) is 11.7. The highest BCUT2D eigenvalue weighted by molar-refractivity contribution is 7.17. The van der Waals surface area contributed by atoms with E-state index in [1.165, 1.54) is 23.2 Å². The van der Waals surface area contributed by atoms with Crippen LogP contribution in [0.2, 0.25) is 5.02 Å². The van der Waals surface area contributed by atoms with Crippen LogP contribution >= 0.6 is 22.9 Å². The van der Waals surface area contributed by atoms with Crippen LogP contribution in [-0.2, 0) is 9.59 Å². The number of hydrogen-bond acceptors (Lipinski definition) is 7. The number of benzene rings is 1. The molecule has 4 rings (SSSR count). The maximum absolute atomic E-state index is 12.6. The van der Waals surface area contributed by atoms with Crippen molar-refractivity contribution >= 4 is 57.1 Å². The van der Waals surface area contributed by atoms with Crippen LogP contribution in [-0.4, -0.2) is 40.2 Å². The summed E-state index contributed by atoms with van der Waals surface area (Å²) < 4.78 is 0. The van der Waals surface area contributed by atoms with Gasteiger partial charge in [-0.15, -0.1) is 11.3 Å². The highest BCUT2D eigenvalue weighted by Gasteiger charge is 2.35. The van der Waals surface area contributed by atoms with E-state index < -0.39 is 17.9 Å². The zero-order valence-corrected chi connectivity index (χ0v) is 22.4. The molecule has 0 aliphatic carbocycles. The van der Waals surface area contributed by atoms with Crippen LogP contribution in [0.1, 0.15) is 47.5 Å². The van der Waals surface area contributed by atoms with Crippen molar-refractivity contribution in [1.29, 1.82) is 10.8 Å². The number of hydrazine groups is 1. The number of thiophene rings is 1. The molecule has 0 saturated heterocycles. The molecule has 9 nitrogen and oxygen atoms in total. The number of anilines is 1. The van der Waals surface area contributed by atoms with Gasteiger partial charge in [0.1, 0.15) is 28.4 Å². The van der Waals surface area contributed by atoms with E-state index in [9.17, 15) is 9.59 Å². The molecule has 192 valence electrons. The van der Waals surface area contributed by atoms with E-state index >= 15 is 0 Å². The van der Waals surface area contributed by atoms with Crippen LogP contribution in [0.15, 0.2) is 53.7 Å². The van der Waals surface area contributed by atoms with Crippen LogP contribution in [0.3, 0.4) is 0 Å². The third-order valence-electron chi connectivity index (χ3n) is 5.59. The Morgan fingerprint density at radius 1 is 1.13 bits per heavy atom. The fraction of sp³-hybridized carbons (Fsp3) is 0.185. The predicted molar refractivity (Wildman–Crippen MR) is 150 cm³/mol. The van der Waals surface area contributed by atoms with Gasteiger partial charge in [-0.2, -0.15) is 0 Å². The van der Waals surface area contributed by atoms with Gasteiger partial charge in [0.05, 0.1) is 17.0 Å². The van der Waals surface area contributed by atoms with E-state index in [0.717, 1.165) is 21.6 Å². The molecule has 1 aliphatic rings. The number of nitrogens with zero attached hydrogens (tertiary/aromatic N) is 3. The molecule has 4 N–H and O–H groups in total. The Morgan fingerprint density at radius 3 is 2.50 bits per heavy atom. The minimum Gasteiger partial charge on any atom is -0.288 e. The highest BCUT2D eigenvalue weighted by atomic mass is 35.5. The SMILES string of the molecule is CC(=N)N1C(=N)[C@H](CC(=O)NNC(C)=O)N=C(c2ccc(Cl)cc2)c2c1sc(C#Cc1ccccn1)c2C. The van der Waals surface area contributed by atoms with Crippen LogP contribution in [0.5, 0.6) is 0 Å². The third-order valence-corrected chi connectivity index (χ3v) is 7.03. The Morgan fingerprint density at radius 2 is 1.87 bits per heavy atom. The van der Waals surface area contributed by atoms with Crippen LogP contribution in [0, 0.1) is 29.6 Å². The van der Waals surface area contributed by atoms with Gasteiger partial charge in [0, 0.05) is 29.3 Å². The number of halogens is 1. The molecule has 1 aromatic carbocycles. The lowest BCUT2D eigenvalue weighted by Crippen LogP contribution is -2.45. The molecular weight excluding hydrogens is 522 g/mol. The highest BCUT2D eigenvalue weighted by Crippen LogP contribution is 2.40. The largest absolute Gasteiger partial charge is 0.288 e. The first-order valence-electron chi connectivity index (χ1n) is 11.6. The summed E-state index contributed by atoms with van der Waals surface area (Å²) in [5, 5.41) is 18.6. The van der Waals surface area contributed by atoms with Gasteiger partial charge in [0.15, 0.2) is 0 Å². The number of aliphatic imine (C=N–C) groups is 1. The van der Waals surface area contributed by atoms with Gasteiger partial charge >= 0.3 is 0 Å². The third kappa shape index (κ3) is 5.80. The molecule has 0 saturated carbocycles. The van der Waals surface area contributed by atoms with Gasteiger partial charge in [-0.25, -0.2) is 4.98 Å². The summed E-state index contributed by atoms with van der Waals surface area (Å²) >= 11 is 7.49. The lowest BCUT2D eigenvalue weighted by Gasteiger charge is -2.24. The van der Waals surface area contributed by atoms with E-state index in [0.29, 0.717) is 21.4 Å². The Labute approximate surface area is 229 Å². The molecule has 1 aliphatic heterocycles. The van der Waals surface area contributed by atoms with Crippen molar-refractivity contribution in [1.82, 2.24) is 15.8 Å². The topological polar surface area (TPSA) is 134 Å². The van der Waals surface area contributed by atoms with Crippen LogP contribution in [0.25, 0.3) is 0 Å². The Hall–Kier alpha value is -4.33. The number of nitrogens with one attached hydrogen (secondary N) is 4. The number of aromatic nitrogens is 1. The smallest absolute Gasteiger partial charge is 0.241 e. The number of pyridine rings is 1. The second-order valence-electron chi connectivity index (χ2n) is 8.44. The molecule has 0 bridgehead atoms. The first-order valence-corrected chi connectivity index (χ1v) is 12.7. The maximum atomic E-state index is 12.6. The molecule has 11 heteroatoms. The fourth-order valence-electron chi connectivity index (χ4n) is 3.84. The molecule has 0 radical (unpaired) electrons. The Bertz CT molecular complexity index is 1520. The molecule has 0 fully saturated rings. The monoisotopic (exact) mass is 545 g/mol. The molecule has 38 heavy (non-hydrogen) atoms. The summed E-state index contributed by atoms with van der Waals surface area (Å²) in [7, 11) is 0. The normalized spacial score (nSPS) is 14.4. The molecule has 3 heterocycles. The molecular formula is C27H24ClN7O2S. The number of amidine groups is 2. The maximum Gasteiger partial charge on any atom is 0.241 e. The fourth-order valence-corrected chi connectivity index (χ4v) is 5.19. The number of rotatable bonds is 3. The van der Waals surface area contributed by atoms with Gasteiger partial charge in [-0.1, -0.05) is 29.8 Å². The van der Waals surface area contributed by atoms with E-state index in [-0.39, 0.29) is 18.1 Å². The van der Waals surface area contributed by atoms with Gasteiger partial charge in [-0.3, -0.25) is 41.2 Å². The van der Waals surface area contributed by atoms with E-state index in [4.69, 9.17) is 27.4 Å². The van der Waals surface area contributed by atoms with Gasteiger partial charge in [-0.05, 0) is 55.5 Å². The second-order valence-corrected chi connectivity index (χ2v) is 9.88. The van der Waals surface area contributed by atoms with E-state index in [2.05, 4.69) is 27.7 Å². The number of hydrogen-bond donors (Lipinski definition) is 4. The summed E-state index contributed by atoms with van der Waals surface area (Å²) in [6.45, 7) is 4.78. The van der Waals surface area contributed by atoms with Crippen molar-refractivity contribution in [2.75, 3.05) is 4.90 Å². The molecule has 3 aromatic rings. The van der Waals surface area contributed by atoms with Crippen molar-refractivity contribution in [3.8, 4) is 11.8 Å². The Balaban J connectivity index is 1.88. The van der Waals surface area contributed by atoms with Crippen molar-refractivity contribution < 1.29 is 9.59 Å². The minimum atomic E-state index is -0.920. The van der Waals surface area contributed by atoms with Crippen LogP contribution < -0.4 is 15.8 Å². The minimum absolute atomic E-state index is 0.0360. The van der Waals surface area contributed by atoms with Crippen molar-refractivity contribution in [3.63, 3.8) is 0 Å². The number of carbonyl (C=O) groups is 2. The second kappa shape index (κ2) is 11.4. The van der Waals surface area contributed by atoms with Gasteiger partial charge in [0.25, 0.3) is 0 Å². The van der Waals surface area contributed by atoms with Crippen LogP contribution in [0.4, 0.5) is 5.00 Å². The standard InChI is InChI=1S/C27H24ClN7O2S/c1-15-22(12-11-20-6-4-5-13-31-20)38-27-24(15)25(18-7-9-19(28)10-8-18)32-21(26(30)35(27)16(2)29)14-23(37)34-33-17(3)36/h4-10,13,21,29-30H,14H2,1-3H3,(H,33,36)(H,34,37)/t21-/m0/s1. The average Bonchev–Trinajstić information content (AvgIpc) is 3.13. The first kappa shape index (κ1) is 26.7. The van der Waals surface area contributed by atoms with Crippen molar-refractivity contribution in [2.24, 2.45) is 4.99 Å². The van der Waals surface area contributed by atoms with E-state index in [1.807, 2.05) is 37.3 Å². The summed E-state index contributed by atoms with van der Waals surface area (Å²) in [5.41, 5.74) is 8.07. The number of fused-ring (bicyclic) bond motifs is 1. The van der Waals surface area contributed by atoms with Gasteiger partial charge < -0.3 is 0 Å².